The van der Waals surface area contributed by atoms with Crippen LogP contribution in [0.3, 0.4) is 0 Å². The summed E-state index contributed by atoms with van der Waals surface area (Å²) in [4.78, 5) is 35.7. The van der Waals surface area contributed by atoms with Crippen LogP contribution in [0.1, 0.15) is 20.8 Å². The molecule has 0 saturated carbocycles. The summed E-state index contributed by atoms with van der Waals surface area (Å²) in [6.45, 7) is -0.319. The third kappa shape index (κ3) is 4.06. The van der Waals surface area contributed by atoms with Crippen molar-refractivity contribution in [1.29, 1.82) is 5.26 Å². The zero-order valence-electron chi connectivity index (χ0n) is 13.0. The fraction of sp³-hybridized carbons (Fsp3) is 0.125. The number of hydrogen-bond acceptors (Lipinski definition) is 4. The number of carbonyl (C=O) groups is 3. The highest BCUT2D eigenvalue weighted by Gasteiger charge is 2.21. The summed E-state index contributed by atoms with van der Waals surface area (Å²) in [5.74, 6) is -4.72. The summed E-state index contributed by atoms with van der Waals surface area (Å²) in [5, 5.41) is 12.8. The third-order valence-electron chi connectivity index (χ3n) is 3.21. The second-order valence-electron chi connectivity index (χ2n) is 4.98. The average molecular weight is 346 g/mol. The highest BCUT2D eigenvalue weighted by Crippen LogP contribution is 2.15. The van der Waals surface area contributed by atoms with Crippen LogP contribution in [0.5, 0.6) is 0 Å². The lowest BCUT2D eigenvalue weighted by Gasteiger charge is -2.06. The highest BCUT2D eigenvalue weighted by atomic mass is 19.2. The molecule has 1 heterocycles. The van der Waals surface area contributed by atoms with Gasteiger partial charge >= 0.3 is 0 Å². The number of anilines is 1. The molecule has 0 atom stereocenters. The maximum Gasteiger partial charge on any atom is 0.293 e. The van der Waals surface area contributed by atoms with Crippen molar-refractivity contribution in [3.8, 4) is 6.07 Å². The number of nitrogens with one attached hydrogen (secondary N) is 2. The molecule has 7 nitrogen and oxygen atoms in total. The van der Waals surface area contributed by atoms with Crippen LogP contribution in [0.2, 0.25) is 0 Å². The smallest absolute Gasteiger partial charge is 0.293 e. The maximum atomic E-state index is 13.2. The predicted octanol–water partition coefficient (Wildman–Crippen LogP) is 1.38. The topological polar surface area (TPSA) is 104 Å². The molecular formula is C16H12F2N4O3. The van der Waals surface area contributed by atoms with E-state index in [1.54, 1.807) is 6.07 Å². The maximum absolute atomic E-state index is 13.2. The van der Waals surface area contributed by atoms with E-state index in [4.69, 9.17) is 5.26 Å². The van der Waals surface area contributed by atoms with Gasteiger partial charge < -0.3 is 15.2 Å². The molecule has 0 spiro atoms. The lowest BCUT2D eigenvalue weighted by molar-refractivity contribution is -0.116. The molecule has 2 aromatic rings. The molecule has 9 heteroatoms. The molecule has 2 amide bonds. The fourth-order valence-electron chi connectivity index (χ4n) is 2.01. The van der Waals surface area contributed by atoms with Crippen molar-refractivity contribution in [3.63, 3.8) is 0 Å². The molecule has 0 fully saturated rings. The van der Waals surface area contributed by atoms with E-state index in [0.717, 1.165) is 12.1 Å². The Morgan fingerprint density at radius 1 is 1.20 bits per heavy atom. The minimum Gasteiger partial charge on any atom is -0.346 e. The Kier molecular flexibility index (Phi) is 5.24. The zero-order valence-corrected chi connectivity index (χ0v) is 13.0. The van der Waals surface area contributed by atoms with Gasteiger partial charge in [-0.2, -0.15) is 5.26 Å². The summed E-state index contributed by atoms with van der Waals surface area (Å²) in [6.07, 6.45) is 1.27. The number of halogens is 2. The van der Waals surface area contributed by atoms with Gasteiger partial charge in [0.05, 0.1) is 6.07 Å². The summed E-state index contributed by atoms with van der Waals surface area (Å²) in [5.41, 5.74) is 0.0132. The number of aromatic nitrogens is 1. The first kappa shape index (κ1) is 17.8. The SMILES string of the molecule is Cn1cc(C(=O)C(=O)NCC#N)cc1C(=O)Nc1ccc(F)c(F)c1. The highest BCUT2D eigenvalue weighted by molar-refractivity contribution is 6.43. The molecule has 0 radical (unpaired) electrons. The number of nitriles is 1. The quantitative estimate of drug-likeness (QED) is 0.485. The first-order chi connectivity index (χ1) is 11.8. The van der Waals surface area contributed by atoms with Gasteiger partial charge in [0.25, 0.3) is 17.6 Å². The van der Waals surface area contributed by atoms with Gasteiger partial charge in [0, 0.05) is 30.6 Å². The van der Waals surface area contributed by atoms with E-state index in [-0.39, 0.29) is 23.5 Å². The lowest BCUT2D eigenvalue weighted by atomic mass is 10.2. The number of benzene rings is 1. The van der Waals surface area contributed by atoms with Gasteiger partial charge in [-0.05, 0) is 18.2 Å². The summed E-state index contributed by atoms with van der Waals surface area (Å²) in [6, 6.07) is 5.71. The number of nitrogens with zero attached hydrogens (tertiary/aromatic N) is 2. The molecule has 1 aromatic carbocycles. The predicted molar refractivity (Wildman–Crippen MR) is 82.7 cm³/mol. The van der Waals surface area contributed by atoms with Crippen molar-refractivity contribution >= 4 is 23.3 Å². The van der Waals surface area contributed by atoms with E-state index in [2.05, 4.69) is 10.6 Å². The van der Waals surface area contributed by atoms with E-state index in [1.807, 2.05) is 0 Å². The van der Waals surface area contributed by atoms with Gasteiger partial charge in [0.15, 0.2) is 11.6 Å². The molecule has 0 saturated heterocycles. The van der Waals surface area contributed by atoms with E-state index in [1.165, 1.54) is 29.9 Å². The molecule has 0 aliphatic rings. The van der Waals surface area contributed by atoms with Crippen molar-refractivity contribution in [2.75, 3.05) is 11.9 Å². The summed E-state index contributed by atoms with van der Waals surface area (Å²) < 4.78 is 27.4. The van der Waals surface area contributed by atoms with Crippen LogP contribution >= 0.6 is 0 Å². The van der Waals surface area contributed by atoms with Crippen LogP contribution in [-0.2, 0) is 11.8 Å². The van der Waals surface area contributed by atoms with Crippen LogP contribution in [0, 0.1) is 23.0 Å². The molecule has 2 rings (SSSR count). The van der Waals surface area contributed by atoms with Crippen molar-refractivity contribution in [3.05, 3.63) is 53.4 Å². The number of Topliss-reactive ketones (excluding diaryl/α,β-unsaturated/α-hetero) is 1. The van der Waals surface area contributed by atoms with Gasteiger partial charge in [-0.15, -0.1) is 0 Å². The van der Waals surface area contributed by atoms with Gasteiger partial charge in [-0.3, -0.25) is 14.4 Å². The molecule has 0 aliphatic carbocycles. The largest absolute Gasteiger partial charge is 0.346 e. The number of hydrogen-bond donors (Lipinski definition) is 2. The van der Waals surface area contributed by atoms with Crippen molar-refractivity contribution in [2.45, 2.75) is 0 Å². The molecule has 128 valence electrons. The molecule has 25 heavy (non-hydrogen) atoms. The first-order valence-corrected chi connectivity index (χ1v) is 6.95. The number of amides is 2. The summed E-state index contributed by atoms with van der Waals surface area (Å²) >= 11 is 0. The Morgan fingerprint density at radius 2 is 1.92 bits per heavy atom. The van der Waals surface area contributed by atoms with Crippen LogP contribution in [-0.4, -0.2) is 28.7 Å². The molecule has 0 aliphatic heterocycles. The Hall–Kier alpha value is -3.54. The Balaban J connectivity index is 2.17. The lowest BCUT2D eigenvalue weighted by Crippen LogP contribution is -2.31. The van der Waals surface area contributed by atoms with Gasteiger partial charge in [-0.1, -0.05) is 0 Å². The Morgan fingerprint density at radius 3 is 2.56 bits per heavy atom. The van der Waals surface area contributed by atoms with Gasteiger partial charge in [-0.25, -0.2) is 8.78 Å². The second-order valence-corrected chi connectivity index (χ2v) is 4.98. The van der Waals surface area contributed by atoms with Crippen LogP contribution < -0.4 is 10.6 Å². The standard InChI is InChI=1S/C16H12F2N4O3/c1-22-8-9(14(23)16(25)20-5-4-19)6-13(22)15(24)21-10-2-3-11(17)12(18)7-10/h2-3,6-8H,5H2,1H3,(H,20,25)(H,21,24). The second kappa shape index (κ2) is 7.35. The monoisotopic (exact) mass is 346 g/mol. The summed E-state index contributed by atoms with van der Waals surface area (Å²) in [7, 11) is 1.48. The van der Waals surface area contributed by atoms with E-state index in [0.29, 0.717) is 0 Å². The Labute approximate surface area is 140 Å². The van der Waals surface area contributed by atoms with Crippen molar-refractivity contribution < 1.29 is 23.2 Å². The van der Waals surface area contributed by atoms with Crippen LogP contribution in [0.15, 0.2) is 30.5 Å². The number of ketones is 1. The fourth-order valence-corrected chi connectivity index (χ4v) is 2.01. The Bertz CT molecular complexity index is 899. The number of aryl methyl sites for hydroxylation is 1. The van der Waals surface area contributed by atoms with E-state index >= 15 is 0 Å². The molecule has 1 aromatic heterocycles. The van der Waals surface area contributed by atoms with Gasteiger partial charge in [0.2, 0.25) is 0 Å². The van der Waals surface area contributed by atoms with Crippen LogP contribution in [0.25, 0.3) is 0 Å². The number of rotatable bonds is 5. The van der Waals surface area contributed by atoms with E-state index < -0.39 is 29.2 Å². The van der Waals surface area contributed by atoms with Gasteiger partial charge in [0.1, 0.15) is 12.2 Å². The zero-order chi connectivity index (χ0) is 18.6. The molecular weight excluding hydrogens is 334 g/mol. The third-order valence-corrected chi connectivity index (χ3v) is 3.21. The molecule has 0 unspecified atom stereocenters. The minimum absolute atomic E-state index is 0.0289. The average Bonchev–Trinajstić information content (AvgIpc) is 2.97. The number of carbonyl (C=O) groups excluding carboxylic acids is 3. The van der Waals surface area contributed by atoms with Crippen molar-refractivity contribution in [1.82, 2.24) is 9.88 Å². The van der Waals surface area contributed by atoms with E-state index in [9.17, 15) is 23.2 Å². The normalized spacial score (nSPS) is 10.0. The van der Waals surface area contributed by atoms with Crippen molar-refractivity contribution in [2.24, 2.45) is 7.05 Å². The first-order valence-electron chi connectivity index (χ1n) is 6.95. The minimum atomic E-state index is -1.12. The van der Waals surface area contributed by atoms with Crippen LogP contribution in [0.4, 0.5) is 14.5 Å². The molecule has 2 N–H and O–H groups in total. The molecule has 0 bridgehead atoms.